The Morgan fingerprint density at radius 1 is 1.40 bits per heavy atom. The second-order valence-electron chi connectivity index (χ2n) is 2.85. The quantitative estimate of drug-likeness (QED) is 0.690. The van der Waals surface area contributed by atoms with E-state index in [1.807, 2.05) is 6.07 Å². The number of fused-ring (bicyclic) bond motifs is 1. The Kier molecular flexibility index (Phi) is 2.40. The Morgan fingerprint density at radius 2 is 2.20 bits per heavy atom. The standard InChI is InChI=1S/C10H6ClN3O/c1-15-9-3-7-8(2-6(9)4-12)13-5-14-10(7)11/h2-3,5H,1H3. The largest absolute Gasteiger partial charge is 0.495 e. The number of aromatic nitrogens is 2. The molecule has 0 aliphatic heterocycles. The maximum absolute atomic E-state index is 8.87. The van der Waals surface area contributed by atoms with Gasteiger partial charge in [0.25, 0.3) is 0 Å². The van der Waals surface area contributed by atoms with Gasteiger partial charge in [-0.1, -0.05) is 11.6 Å². The molecule has 2 aromatic rings. The highest BCUT2D eigenvalue weighted by Crippen LogP contribution is 2.27. The predicted octanol–water partition coefficient (Wildman–Crippen LogP) is 2.16. The fraction of sp³-hybridized carbons (Fsp3) is 0.100. The second-order valence-corrected chi connectivity index (χ2v) is 3.20. The van der Waals surface area contributed by atoms with E-state index in [-0.39, 0.29) is 0 Å². The minimum absolute atomic E-state index is 0.350. The van der Waals surface area contributed by atoms with E-state index in [1.54, 1.807) is 12.1 Å². The average Bonchev–Trinajstić information content (AvgIpc) is 2.28. The number of nitriles is 1. The molecular formula is C10H6ClN3O. The summed E-state index contributed by atoms with van der Waals surface area (Å²) in [7, 11) is 1.50. The van der Waals surface area contributed by atoms with E-state index in [1.165, 1.54) is 13.4 Å². The number of hydrogen-bond donors (Lipinski definition) is 0. The fourth-order valence-electron chi connectivity index (χ4n) is 1.31. The van der Waals surface area contributed by atoms with Crippen molar-refractivity contribution < 1.29 is 4.74 Å². The van der Waals surface area contributed by atoms with E-state index in [0.717, 1.165) is 0 Å². The molecule has 0 unspecified atom stereocenters. The van der Waals surface area contributed by atoms with Crippen LogP contribution in [0.25, 0.3) is 10.9 Å². The van der Waals surface area contributed by atoms with Crippen LogP contribution in [0.15, 0.2) is 18.5 Å². The van der Waals surface area contributed by atoms with Gasteiger partial charge in [-0.05, 0) is 12.1 Å². The van der Waals surface area contributed by atoms with Gasteiger partial charge >= 0.3 is 0 Å². The van der Waals surface area contributed by atoms with Gasteiger partial charge < -0.3 is 4.74 Å². The lowest BCUT2D eigenvalue weighted by atomic mass is 10.1. The third-order valence-corrected chi connectivity index (χ3v) is 2.33. The summed E-state index contributed by atoms with van der Waals surface area (Å²) in [5.74, 6) is 0.474. The number of ether oxygens (including phenoxy) is 1. The summed E-state index contributed by atoms with van der Waals surface area (Å²) >= 11 is 5.89. The van der Waals surface area contributed by atoms with Crippen LogP contribution in [0.1, 0.15) is 5.56 Å². The van der Waals surface area contributed by atoms with E-state index >= 15 is 0 Å². The Balaban J connectivity index is 2.83. The Hall–Kier alpha value is -1.86. The summed E-state index contributed by atoms with van der Waals surface area (Å²) in [6, 6.07) is 5.32. The summed E-state index contributed by atoms with van der Waals surface area (Å²) in [6.07, 6.45) is 1.36. The Bertz CT molecular complexity index is 562. The number of nitrogens with zero attached hydrogens (tertiary/aromatic N) is 3. The van der Waals surface area contributed by atoms with Gasteiger partial charge in [0, 0.05) is 5.39 Å². The van der Waals surface area contributed by atoms with Crippen LogP contribution in [0.4, 0.5) is 0 Å². The molecule has 5 heteroatoms. The summed E-state index contributed by atoms with van der Waals surface area (Å²) < 4.78 is 5.06. The molecule has 74 valence electrons. The monoisotopic (exact) mass is 219 g/mol. The van der Waals surface area contributed by atoms with E-state index < -0.39 is 0 Å². The molecule has 0 aliphatic carbocycles. The number of hydrogen-bond acceptors (Lipinski definition) is 4. The van der Waals surface area contributed by atoms with Crippen molar-refractivity contribution in [1.29, 1.82) is 5.26 Å². The lowest BCUT2D eigenvalue weighted by Crippen LogP contribution is -1.91. The number of benzene rings is 1. The van der Waals surface area contributed by atoms with Gasteiger partial charge in [-0.25, -0.2) is 9.97 Å². The molecule has 0 saturated heterocycles. The van der Waals surface area contributed by atoms with Crippen LogP contribution in [0.3, 0.4) is 0 Å². The predicted molar refractivity (Wildman–Crippen MR) is 55.8 cm³/mol. The molecule has 1 heterocycles. The van der Waals surface area contributed by atoms with E-state index in [0.29, 0.717) is 27.4 Å². The van der Waals surface area contributed by atoms with Crippen molar-refractivity contribution in [1.82, 2.24) is 9.97 Å². The molecule has 0 amide bonds. The normalized spacial score (nSPS) is 9.93. The van der Waals surface area contributed by atoms with Gasteiger partial charge in [-0.15, -0.1) is 0 Å². The van der Waals surface area contributed by atoms with Crippen molar-refractivity contribution in [2.24, 2.45) is 0 Å². The van der Waals surface area contributed by atoms with Crippen molar-refractivity contribution in [3.63, 3.8) is 0 Å². The smallest absolute Gasteiger partial charge is 0.140 e. The van der Waals surface area contributed by atoms with Crippen LogP contribution >= 0.6 is 11.6 Å². The summed E-state index contributed by atoms with van der Waals surface area (Å²) in [5.41, 5.74) is 1.06. The van der Waals surface area contributed by atoms with Crippen LogP contribution in [-0.4, -0.2) is 17.1 Å². The van der Waals surface area contributed by atoms with Gasteiger partial charge in [-0.2, -0.15) is 5.26 Å². The first kappa shape index (κ1) is 9.69. The Labute approximate surface area is 91.1 Å². The third-order valence-electron chi connectivity index (χ3n) is 2.03. The first-order chi connectivity index (χ1) is 7.26. The highest BCUT2D eigenvalue weighted by atomic mass is 35.5. The zero-order valence-electron chi connectivity index (χ0n) is 7.86. The first-order valence-corrected chi connectivity index (χ1v) is 4.52. The second kappa shape index (κ2) is 3.71. The maximum Gasteiger partial charge on any atom is 0.140 e. The molecule has 0 atom stereocenters. The average molecular weight is 220 g/mol. The topological polar surface area (TPSA) is 58.8 Å². The minimum Gasteiger partial charge on any atom is -0.495 e. The molecule has 0 fully saturated rings. The van der Waals surface area contributed by atoms with Crippen LogP contribution in [0.5, 0.6) is 5.75 Å². The van der Waals surface area contributed by atoms with Crippen LogP contribution in [0.2, 0.25) is 5.15 Å². The number of methoxy groups -OCH3 is 1. The molecule has 0 N–H and O–H groups in total. The highest BCUT2D eigenvalue weighted by Gasteiger charge is 2.08. The Morgan fingerprint density at radius 3 is 2.87 bits per heavy atom. The lowest BCUT2D eigenvalue weighted by molar-refractivity contribution is 0.414. The van der Waals surface area contributed by atoms with Crippen molar-refractivity contribution in [3.8, 4) is 11.8 Å². The molecule has 0 bridgehead atoms. The molecule has 1 aromatic carbocycles. The zero-order chi connectivity index (χ0) is 10.8. The molecule has 1 aromatic heterocycles. The third kappa shape index (κ3) is 1.58. The molecule has 0 aliphatic rings. The molecule has 0 spiro atoms. The molecule has 2 rings (SSSR count). The van der Waals surface area contributed by atoms with Gasteiger partial charge in [0.2, 0.25) is 0 Å². The van der Waals surface area contributed by atoms with Gasteiger partial charge in [0.1, 0.15) is 23.3 Å². The van der Waals surface area contributed by atoms with Gasteiger partial charge in [-0.3, -0.25) is 0 Å². The van der Waals surface area contributed by atoms with Crippen molar-refractivity contribution >= 4 is 22.5 Å². The first-order valence-electron chi connectivity index (χ1n) is 4.14. The summed E-state index contributed by atoms with van der Waals surface area (Å²) in [5, 5.41) is 9.90. The highest BCUT2D eigenvalue weighted by molar-refractivity contribution is 6.34. The fourth-order valence-corrected chi connectivity index (χ4v) is 1.50. The molecule has 15 heavy (non-hydrogen) atoms. The summed E-state index contributed by atoms with van der Waals surface area (Å²) in [4.78, 5) is 7.88. The molecule has 0 radical (unpaired) electrons. The van der Waals surface area contributed by atoms with Crippen LogP contribution < -0.4 is 4.74 Å². The van der Waals surface area contributed by atoms with Gasteiger partial charge in [0.05, 0.1) is 18.2 Å². The van der Waals surface area contributed by atoms with Crippen LogP contribution in [-0.2, 0) is 0 Å². The number of halogens is 1. The van der Waals surface area contributed by atoms with Gasteiger partial charge in [0.15, 0.2) is 0 Å². The SMILES string of the molecule is COc1cc2c(Cl)ncnc2cc1C#N. The molecular weight excluding hydrogens is 214 g/mol. The zero-order valence-corrected chi connectivity index (χ0v) is 8.62. The van der Waals surface area contributed by atoms with E-state index in [2.05, 4.69) is 9.97 Å². The molecule has 0 saturated carbocycles. The van der Waals surface area contributed by atoms with E-state index in [9.17, 15) is 0 Å². The minimum atomic E-state index is 0.350. The van der Waals surface area contributed by atoms with Crippen LogP contribution in [0, 0.1) is 11.3 Å². The number of rotatable bonds is 1. The summed E-state index contributed by atoms with van der Waals surface area (Å²) in [6.45, 7) is 0. The lowest BCUT2D eigenvalue weighted by Gasteiger charge is -2.04. The van der Waals surface area contributed by atoms with Crippen molar-refractivity contribution in [3.05, 3.63) is 29.2 Å². The van der Waals surface area contributed by atoms with Crippen molar-refractivity contribution in [2.45, 2.75) is 0 Å². The van der Waals surface area contributed by atoms with Crippen molar-refractivity contribution in [2.75, 3.05) is 7.11 Å². The molecule has 4 nitrogen and oxygen atoms in total. The maximum atomic E-state index is 8.87. The van der Waals surface area contributed by atoms with E-state index in [4.69, 9.17) is 21.6 Å².